The fraction of sp³-hybridized carbons (Fsp3) is 0.417. The van der Waals surface area contributed by atoms with Crippen molar-refractivity contribution in [2.45, 2.75) is 58.0 Å². The summed E-state index contributed by atoms with van der Waals surface area (Å²) in [6, 6.07) is 10.9. The van der Waals surface area contributed by atoms with Gasteiger partial charge in [-0.3, -0.25) is 0 Å². The molecule has 0 spiro atoms. The van der Waals surface area contributed by atoms with Crippen LogP contribution in [0.4, 0.5) is 10.3 Å². The van der Waals surface area contributed by atoms with Gasteiger partial charge in [-0.15, -0.1) is 0 Å². The van der Waals surface area contributed by atoms with E-state index in [1.807, 2.05) is 24.1 Å². The van der Waals surface area contributed by atoms with E-state index in [2.05, 4.69) is 4.57 Å². The first kappa shape index (κ1) is 20.4. The Labute approximate surface area is 176 Å². The first-order valence-electron chi connectivity index (χ1n) is 10.7. The van der Waals surface area contributed by atoms with Gasteiger partial charge >= 0.3 is 5.97 Å². The Balaban J connectivity index is 1.78. The predicted octanol–water partition coefficient (Wildman–Crippen LogP) is 5.71. The van der Waals surface area contributed by atoms with Gasteiger partial charge in [0.05, 0.1) is 16.6 Å². The predicted molar refractivity (Wildman–Crippen MR) is 117 cm³/mol. The third-order valence-corrected chi connectivity index (χ3v) is 6.13. The van der Waals surface area contributed by atoms with E-state index in [-0.39, 0.29) is 11.4 Å². The molecule has 1 heterocycles. The minimum absolute atomic E-state index is 0.186. The van der Waals surface area contributed by atoms with Gasteiger partial charge in [0.15, 0.2) is 0 Å². The molecule has 0 aliphatic heterocycles. The largest absolute Gasteiger partial charge is 0.478 e. The number of aryl methyl sites for hydroxylation is 1. The summed E-state index contributed by atoms with van der Waals surface area (Å²) >= 11 is 0. The maximum atomic E-state index is 14.6. The molecular formula is C24H28FN3O2. The van der Waals surface area contributed by atoms with Gasteiger partial charge in [-0.05, 0) is 43.5 Å². The fourth-order valence-electron chi connectivity index (χ4n) is 4.52. The highest BCUT2D eigenvalue weighted by atomic mass is 19.1. The number of fused-ring (bicyclic) bond motifs is 1. The highest BCUT2D eigenvalue weighted by Crippen LogP contribution is 2.35. The van der Waals surface area contributed by atoms with Gasteiger partial charge in [0.1, 0.15) is 5.82 Å². The van der Waals surface area contributed by atoms with Gasteiger partial charge in [-0.2, -0.15) is 0 Å². The summed E-state index contributed by atoms with van der Waals surface area (Å²) < 4.78 is 16.9. The van der Waals surface area contributed by atoms with E-state index in [0.29, 0.717) is 29.2 Å². The molecule has 1 aliphatic carbocycles. The van der Waals surface area contributed by atoms with Crippen molar-refractivity contribution in [2.75, 3.05) is 11.9 Å². The Morgan fingerprint density at radius 3 is 2.63 bits per heavy atom. The summed E-state index contributed by atoms with van der Waals surface area (Å²) in [7, 11) is 1.92. The number of carboxylic acid groups (broad SMARTS) is 1. The van der Waals surface area contributed by atoms with Gasteiger partial charge in [0.2, 0.25) is 5.95 Å². The molecule has 0 saturated heterocycles. The molecule has 0 atom stereocenters. The van der Waals surface area contributed by atoms with Crippen LogP contribution < -0.4 is 4.90 Å². The number of imidazole rings is 1. The number of hydrogen-bond donors (Lipinski definition) is 1. The van der Waals surface area contributed by atoms with Crippen LogP contribution in [0.1, 0.15) is 66.1 Å². The smallest absolute Gasteiger partial charge is 0.335 e. The van der Waals surface area contributed by atoms with Crippen LogP contribution >= 0.6 is 0 Å². The summed E-state index contributed by atoms with van der Waals surface area (Å²) in [5.74, 6) is -0.382. The Bertz CT molecular complexity index is 1070. The molecule has 3 aromatic rings. The number of aromatic carboxylic acids is 1. The van der Waals surface area contributed by atoms with Crippen molar-refractivity contribution in [2.24, 2.45) is 0 Å². The lowest BCUT2D eigenvalue weighted by molar-refractivity contribution is 0.0697. The van der Waals surface area contributed by atoms with E-state index in [4.69, 9.17) is 4.98 Å². The Morgan fingerprint density at radius 1 is 1.20 bits per heavy atom. The Hall–Kier alpha value is -2.89. The lowest BCUT2D eigenvalue weighted by Crippen LogP contribution is -2.23. The summed E-state index contributed by atoms with van der Waals surface area (Å²) in [6.45, 7) is 2.17. The van der Waals surface area contributed by atoms with Crippen molar-refractivity contribution < 1.29 is 14.3 Å². The zero-order valence-corrected chi connectivity index (χ0v) is 17.6. The maximum Gasteiger partial charge on any atom is 0.335 e. The maximum absolute atomic E-state index is 14.6. The SMILES string of the molecule is Cc1cccc(CN(C)c2nc3cc(C(=O)O)ccc3n2C2CCCCCC2)c1F. The fourth-order valence-corrected chi connectivity index (χ4v) is 4.52. The topological polar surface area (TPSA) is 58.4 Å². The van der Waals surface area contributed by atoms with Gasteiger partial charge in [-0.1, -0.05) is 43.9 Å². The van der Waals surface area contributed by atoms with E-state index >= 15 is 0 Å². The van der Waals surface area contributed by atoms with E-state index < -0.39 is 5.97 Å². The first-order valence-corrected chi connectivity index (χ1v) is 10.7. The number of nitrogens with zero attached hydrogens (tertiary/aromatic N) is 3. The van der Waals surface area contributed by atoms with Crippen molar-refractivity contribution in [1.29, 1.82) is 0 Å². The highest BCUT2D eigenvalue weighted by Gasteiger charge is 2.24. The third-order valence-electron chi connectivity index (χ3n) is 6.13. The number of aromatic nitrogens is 2. The summed E-state index contributed by atoms with van der Waals surface area (Å²) in [5.41, 5.74) is 3.10. The molecule has 0 amide bonds. The molecule has 158 valence electrons. The highest BCUT2D eigenvalue weighted by molar-refractivity contribution is 5.93. The number of rotatable bonds is 5. The summed E-state index contributed by atoms with van der Waals surface area (Å²) in [4.78, 5) is 18.2. The summed E-state index contributed by atoms with van der Waals surface area (Å²) in [5, 5.41) is 9.38. The molecule has 2 aromatic carbocycles. The zero-order chi connectivity index (χ0) is 21.3. The van der Waals surface area contributed by atoms with E-state index in [9.17, 15) is 14.3 Å². The molecule has 0 bridgehead atoms. The molecule has 4 rings (SSSR count). The summed E-state index contributed by atoms with van der Waals surface area (Å²) in [6.07, 6.45) is 6.98. The van der Waals surface area contributed by atoms with Crippen LogP contribution in [0.3, 0.4) is 0 Å². The van der Waals surface area contributed by atoms with Crippen LogP contribution in [0.5, 0.6) is 0 Å². The van der Waals surface area contributed by atoms with Gasteiger partial charge in [-0.25, -0.2) is 14.2 Å². The molecule has 1 saturated carbocycles. The van der Waals surface area contributed by atoms with E-state index in [0.717, 1.165) is 24.3 Å². The molecular weight excluding hydrogens is 381 g/mol. The van der Waals surface area contributed by atoms with Crippen LogP contribution in [-0.4, -0.2) is 27.7 Å². The number of hydrogen-bond acceptors (Lipinski definition) is 3. The first-order chi connectivity index (χ1) is 14.5. The second kappa shape index (κ2) is 8.46. The second-order valence-corrected chi connectivity index (χ2v) is 8.34. The number of anilines is 1. The zero-order valence-electron chi connectivity index (χ0n) is 17.6. The minimum atomic E-state index is -0.961. The van der Waals surface area contributed by atoms with Gasteiger partial charge in [0.25, 0.3) is 0 Å². The minimum Gasteiger partial charge on any atom is -0.478 e. The molecule has 1 fully saturated rings. The standard InChI is InChI=1S/C24H28FN3O2/c1-16-8-7-9-18(22(16)25)15-27(2)24-26-20-14-17(23(29)30)12-13-21(20)28(24)19-10-5-3-4-6-11-19/h7-9,12-14,19H,3-6,10-11,15H2,1-2H3,(H,29,30). The molecule has 30 heavy (non-hydrogen) atoms. The number of carbonyl (C=O) groups is 1. The van der Waals surface area contributed by atoms with Crippen molar-refractivity contribution in [3.8, 4) is 0 Å². The molecule has 1 aliphatic rings. The van der Waals surface area contributed by atoms with E-state index in [1.165, 1.54) is 25.7 Å². The van der Waals surface area contributed by atoms with Crippen LogP contribution in [-0.2, 0) is 6.54 Å². The second-order valence-electron chi connectivity index (χ2n) is 8.34. The Kier molecular flexibility index (Phi) is 5.75. The molecule has 5 nitrogen and oxygen atoms in total. The van der Waals surface area contributed by atoms with Crippen LogP contribution in [0.15, 0.2) is 36.4 Å². The molecule has 0 unspecified atom stereocenters. The third kappa shape index (κ3) is 3.91. The molecule has 1 aromatic heterocycles. The average molecular weight is 410 g/mol. The monoisotopic (exact) mass is 409 g/mol. The number of benzene rings is 2. The van der Waals surface area contributed by atoms with Gasteiger partial charge in [0, 0.05) is 25.2 Å². The van der Waals surface area contributed by atoms with Gasteiger partial charge < -0.3 is 14.6 Å². The quantitative estimate of drug-likeness (QED) is 0.548. The van der Waals surface area contributed by atoms with Crippen molar-refractivity contribution >= 4 is 23.0 Å². The number of halogens is 1. The lowest BCUT2D eigenvalue weighted by Gasteiger charge is -2.25. The van der Waals surface area contributed by atoms with Crippen molar-refractivity contribution in [1.82, 2.24) is 9.55 Å². The van der Waals surface area contributed by atoms with Crippen molar-refractivity contribution in [3.05, 3.63) is 58.9 Å². The number of carboxylic acids is 1. The van der Waals surface area contributed by atoms with Crippen LogP contribution in [0.2, 0.25) is 0 Å². The average Bonchev–Trinajstić information content (AvgIpc) is 2.90. The lowest BCUT2D eigenvalue weighted by atomic mass is 10.1. The molecule has 6 heteroatoms. The van der Waals surface area contributed by atoms with E-state index in [1.54, 1.807) is 31.2 Å². The molecule has 0 radical (unpaired) electrons. The van der Waals surface area contributed by atoms with Crippen LogP contribution in [0.25, 0.3) is 11.0 Å². The van der Waals surface area contributed by atoms with Crippen molar-refractivity contribution in [3.63, 3.8) is 0 Å². The molecule has 1 N–H and O–H groups in total. The Morgan fingerprint density at radius 2 is 1.93 bits per heavy atom. The van der Waals surface area contributed by atoms with Crippen LogP contribution in [0, 0.1) is 12.7 Å². The normalized spacial score (nSPS) is 15.3.